The normalized spacial score (nSPS) is 16.7. The zero-order chi connectivity index (χ0) is 19.5. The van der Waals surface area contributed by atoms with Gasteiger partial charge in [0.2, 0.25) is 0 Å². The number of nitrogens with one attached hydrogen (secondary N) is 1. The molecule has 1 atom stereocenters. The van der Waals surface area contributed by atoms with E-state index in [4.69, 9.17) is 4.74 Å². The number of phenols is 1. The Labute approximate surface area is 164 Å². The molecule has 0 amide bonds. The molecule has 0 aliphatic carbocycles. The molecule has 1 aliphatic rings. The summed E-state index contributed by atoms with van der Waals surface area (Å²) in [6.07, 6.45) is 1.74. The van der Waals surface area contributed by atoms with Crippen LogP contribution in [0.1, 0.15) is 40.9 Å². The third-order valence-corrected chi connectivity index (χ3v) is 5.18. The van der Waals surface area contributed by atoms with E-state index in [0.717, 1.165) is 53.5 Å². The van der Waals surface area contributed by atoms with Crippen LogP contribution in [0.25, 0.3) is 0 Å². The van der Waals surface area contributed by atoms with E-state index in [0.29, 0.717) is 6.61 Å². The number of rotatable bonds is 6. The van der Waals surface area contributed by atoms with Crippen molar-refractivity contribution in [2.24, 2.45) is 0 Å². The largest absolute Gasteiger partial charge is 0.508 e. The van der Waals surface area contributed by atoms with Crippen LogP contribution in [0, 0.1) is 0 Å². The van der Waals surface area contributed by atoms with Crippen LogP contribution in [-0.4, -0.2) is 38.2 Å². The SMILES string of the molecule is CCOc1ccc(CN2Cc3[nH]cnc3C(c3cccc(O)c3)C2)cc1CO. The first kappa shape index (κ1) is 18.5. The fourth-order valence-corrected chi connectivity index (χ4v) is 3.93. The van der Waals surface area contributed by atoms with E-state index in [1.54, 1.807) is 12.4 Å². The first-order valence-corrected chi connectivity index (χ1v) is 9.56. The molecule has 146 valence electrons. The van der Waals surface area contributed by atoms with Crippen LogP contribution < -0.4 is 4.74 Å². The highest BCUT2D eigenvalue weighted by molar-refractivity contribution is 5.39. The van der Waals surface area contributed by atoms with Gasteiger partial charge in [0.25, 0.3) is 0 Å². The monoisotopic (exact) mass is 379 g/mol. The van der Waals surface area contributed by atoms with Crippen molar-refractivity contribution in [1.29, 1.82) is 0 Å². The third kappa shape index (κ3) is 3.74. The number of aromatic amines is 1. The van der Waals surface area contributed by atoms with E-state index in [9.17, 15) is 10.2 Å². The van der Waals surface area contributed by atoms with Crippen molar-refractivity contribution in [3.05, 3.63) is 76.9 Å². The Kier molecular flexibility index (Phi) is 5.32. The first-order valence-electron chi connectivity index (χ1n) is 9.56. The number of aromatic hydroxyl groups is 1. The molecule has 0 saturated heterocycles. The maximum absolute atomic E-state index is 9.89. The molecule has 0 saturated carbocycles. The average molecular weight is 379 g/mol. The number of hydrogen-bond donors (Lipinski definition) is 3. The molecule has 0 fully saturated rings. The van der Waals surface area contributed by atoms with Crippen LogP contribution in [0.2, 0.25) is 0 Å². The molecule has 2 aromatic carbocycles. The summed E-state index contributed by atoms with van der Waals surface area (Å²) in [5, 5.41) is 19.6. The van der Waals surface area contributed by atoms with Crippen LogP contribution in [0.3, 0.4) is 0 Å². The Hall–Kier alpha value is -2.83. The molecular formula is C22H25N3O3. The number of aromatic nitrogens is 2. The summed E-state index contributed by atoms with van der Waals surface area (Å²) < 4.78 is 5.58. The average Bonchev–Trinajstić information content (AvgIpc) is 3.17. The number of phenolic OH excluding ortho intramolecular Hbond substituents is 1. The molecule has 4 rings (SSSR count). The predicted molar refractivity (Wildman–Crippen MR) is 106 cm³/mol. The molecule has 1 aliphatic heterocycles. The highest BCUT2D eigenvalue weighted by atomic mass is 16.5. The van der Waals surface area contributed by atoms with E-state index in [-0.39, 0.29) is 18.3 Å². The minimum Gasteiger partial charge on any atom is -0.508 e. The molecule has 2 heterocycles. The molecule has 0 radical (unpaired) electrons. The molecular weight excluding hydrogens is 354 g/mol. The van der Waals surface area contributed by atoms with Crippen LogP contribution >= 0.6 is 0 Å². The van der Waals surface area contributed by atoms with Gasteiger partial charge in [-0.3, -0.25) is 4.90 Å². The Bertz CT molecular complexity index is 954. The van der Waals surface area contributed by atoms with Crippen LogP contribution in [0.15, 0.2) is 48.8 Å². The third-order valence-electron chi connectivity index (χ3n) is 5.18. The first-order chi connectivity index (χ1) is 13.7. The second kappa shape index (κ2) is 8.04. The van der Waals surface area contributed by atoms with Gasteiger partial charge in [0.05, 0.1) is 30.9 Å². The fraction of sp³-hybridized carbons (Fsp3) is 0.318. The highest BCUT2D eigenvalue weighted by Crippen LogP contribution is 2.33. The number of aliphatic hydroxyl groups is 1. The van der Waals surface area contributed by atoms with Crippen LogP contribution in [-0.2, 0) is 19.7 Å². The summed E-state index contributed by atoms with van der Waals surface area (Å²) in [4.78, 5) is 10.1. The van der Waals surface area contributed by atoms with E-state index in [1.165, 1.54) is 0 Å². The summed E-state index contributed by atoms with van der Waals surface area (Å²) in [7, 11) is 0. The fourth-order valence-electron chi connectivity index (χ4n) is 3.93. The summed E-state index contributed by atoms with van der Waals surface area (Å²) in [6, 6.07) is 13.4. The van der Waals surface area contributed by atoms with Gasteiger partial charge in [-0.25, -0.2) is 4.98 Å². The lowest BCUT2D eigenvalue weighted by molar-refractivity contribution is 0.227. The van der Waals surface area contributed by atoms with Crippen molar-refractivity contribution in [3.63, 3.8) is 0 Å². The summed E-state index contributed by atoms with van der Waals surface area (Å²) in [6.45, 7) is 4.82. The lowest BCUT2D eigenvalue weighted by Crippen LogP contribution is -2.33. The molecule has 1 unspecified atom stereocenters. The van der Waals surface area contributed by atoms with Crippen molar-refractivity contribution in [2.45, 2.75) is 32.5 Å². The highest BCUT2D eigenvalue weighted by Gasteiger charge is 2.29. The zero-order valence-electron chi connectivity index (χ0n) is 15.9. The number of nitrogens with zero attached hydrogens (tertiary/aromatic N) is 2. The Morgan fingerprint density at radius 1 is 1.25 bits per heavy atom. The molecule has 28 heavy (non-hydrogen) atoms. The molecule has 0 bridgehead atoms. The van der Waals surface area contributed by atoms with Crippen molar-refractivity contribution < 1.29 is 14.9 Å². The lowest BCUT2D eigenvalue weighted by atomic mass is 9.90. The van der Waals surface area contributed by atoms with Crippen LogP contribution in [0.4, 0.5) is 0 Å². The van der Waals surface area contributed by atoms with Gasteiger partial charge in [-0.2, -0.15) is 0 Å². The summed E-state index contributed by atoms with van der Waals surface area (Å²) in [5.74, 6) is 1.11. The van der Waals surface area contributed by atoms with Gasteiger partial charge in [-0.1, -0.05) is 18.2 Å². The second-order valence-corrected chi connectivity index (χ2v) is 7.12. The quantitative estimate of drug-likeness (QED) is 0.613. The standard InChI is InChI=1S/C22H25N3O3/c1-2-28-21-7-6-15(8-17(21)13-26)10-25-11-19(16-4-3-5-18(27)9-16)22-20(12-25)23-14-24-22/h3-9,14,19,26-27H,2,10-13H2,1H3,(H,23,24). The van der Waals surface area contributed by atoms with Gasteiger partial charge in [-0.15, -0.1) is 0 Å². The van der Waals surface area contributed by atoms with Crippen molar-refractivity contribution in [3.8, 4) is 11.5 Å². The van der Waals surface area contributed by atoms with E-state index >= 15 is 0 Å². The Morgan fingerprint density at radius 3 is 2.93 bits per heavy atom. The number of benzene rings is 2. The lowest BCUT2D eigenvalue weighted by Gasteiger charge is -2.32. The van der Waals surface area contributed by atoms with Gasteiger partial charge in [-0.05, 0) is 42.3 Å². The van der Waals surface area contributed by atoms with Gasteiger partial charge in [0, 0.05) is 31.1 Å². The maximum atomic E-state index is 9.89. The summed E-state index contributed by atoms with van der Waals surface area (Å²) in [5.41, 5.74) is 5.14. The molecule has 6 nitrogen and oxygen atoms in total. The van der Waals surface area contributed by atoms with Crippen molar-refractivity contribution >= 4 is 0 Å². The summed E-state index contributed by atoms with van der Waals surface area (Å²) >= 11 is 0. The predicted octanol–water partition coefficient (Wildman–Crippen LogP) is 3.15. The maximum Gasteiger partial charge on any atom is 0.124 e. The van der Waals surface area contributed by atoms with Gasteiger partial charge >= 0.3 is 0 Å². The number of H-pyrrole nitrogens is 1. The Balaban J connectivity index is 1.58. The molecule has 0 spiro atoms. The molecule has 3 aromatic rings. The number of hydrogen-bond acceptors (Lipinski definition) is 5. The van der Waals surface area contributed by atoms with E-state index < -0.39 is 0 Å². The van der Waals surface area contributed by atoms with Gasteiger partial charge in [0.15, 0.2) is 0 Å². The Morgan fingerprint density at radius 2 is 2.14 bits per heavy atom. The second-order valence-electron chi connectivity index (χ2n) is 7.12. The van der Waals surface area contributed by atoms with Crippen LogP contribution in [0.5, 0.6) is 11.5 Å². The topological polar surface area (TPSA) is 81.6 Å². The van der Waals surface area contributed by atoms with Crippen molar-refractivity contribution in [1.82, 2.24) is 14.9 Å². The van der Waals surface area contributed by atoms with Gasteiger partial charge in [0.1, 0.15) is 11.5 Å². The molecule has 6 heteroatoms. The number of imidazole rings is 1. The molecule has 3 N–H and O–H groups in total. The van der Waals surface area contributed by atoms with E-state index in [2.05, 4.69) is 20.9 Å². The van der Waals surface area contributed by atoms with E-state index in [1.807, 2.05) is 37.3 Å². The molecule has 1 aromatic heterocycles. The number of aliphatic hydroxyl groups excluding tert-OH is 1. The zero-order valence-corrected chi connectivity index (χ0v) is 15.9. The minimum absolute atomic E-state index is 0.0419. The number of ether oxygens (including phenoxy) is 1. The minimum atomic E-state index is -0.0419. The smallest absolute Gasteiger partial charge is 0.124 e. The van der Waals surface area contributed by atoms with Crippen molar-refractivity contribution in [2.75, 3.05) is 13.2 Å². The number of fused-ring (bicyclic) bond motifs is 1. The van der Waals surface area contributed by atoms with Gasteiger partial charge < -0.3 is 19.9 Å².